The van der Waals surface area contributed by atoms with Crippen LogP contribution >= 0.6 is 0 Å². The van der Waals surface area contributed by atoms with Gasteiger partial charge in [-0.25, -0.2) is 19.6 Å². The minimum Gasteiger partial charge on any atom is -0.453 e. The maximum atomic E-state index is 14.0. The summed E-state index contributed by atoms with van der Waals surface area (Å²) in [5.41, 5.74) is 8.79. The highest BCUT2D eigenvalue weighted by Crippen LogP contribution is 2.47. The Bertz CT molecular complexity index is 2260. The molecule has 4 N–H and O–H groups in total. The first-order chi connectivity index (χ1) is 27.9. The van der Waals surface area contributed by atoms with Crippen LogP contribution in [0.15, 0.2) is 60.9 Å². The Labute approximate surface area is 338 Å². The molecule has 2 aliphatic heterocycles. The average Bonchev–Trinajstić information content (AvgIpc) is 4.09. The van der Waals surface area contributed by atoms with E-state index in [-0.39, 0.29) is 47.7 Å². The van der Waals surface area contributed by atoms with Gasteiger partial charge in [-0.15, -0.1) is 0 Å². The van der Waals surface area contributed by atoms with Gasteiger partial charge >= 0.3 is 12.2 Å². The molecule has 14 heteroatoms. The number of hydrogen-bond acceptors (Lipinski definition) is 8. The molecule has 2 bridgehead atoms. The number of rotatable bonds is 10. The minimum atomic E-state index is -0.712. The molecular weight excluding hydrogens is 737 g/mol. The second-order valence-corrected chi connectivity index (χ2v) is 16.6. The fourth-order valence-corrected chi connectivity index (χ4v) is 9.27. The number of nitrogens with zero attached hydrogens (tertiary/aromatic N) is 4. The highest BCUT2D eigenvalue weighted by Gasteiger charge is 2.49. The molecule has 0 radical (unpaired) electrons. The van der Waals surface area contributed by atoms with E-state index < -0.39 is 24.3 Å². The number of methoxy groups -OCH3 is 2. The van der Waals surface area contributed by atoms with Gasteiger partial charge < -0.3 is 39.9 Å². The maximum Gasteiger partial charge on any atom is 0.407 e. The predicted molar refractivity (Wildman–Crippen MR) is 217 cm³/mol. The van der Waals surface area contributed by atoms with Crippen molar-refractivity contribution < 1.29 is 28.7 Å². The Kier molecular flexibility index (Phi) is 10.6. The third kappa shape index (κ3) is 7.13. The quantitative estimate of drug-likeness (QED) is 0.132. The van der Waals surface area contributed by atoms with Crippen molar-refractivity contribution in [2.24, 2.45) is 17.8 Å². The van der Waals surface area contributed by atoms with E-state index in [1.165, 1.54) is 36.5 Å². The van der Waals surface area contributed by atoms with Gasteiger partial charge in [0.15, 0.2) is 0 Å². The van der Waals surface area contributed by atoms with Crippen LogP contribution in [0.5, 0.6) is 0 Å². The van der Waals surface area contributed by atoms with E-state index in [9.17, 15) is 19.2 Å². The zero-order valence-corrected chi connectivity index (χ0v) is 33.9. The van der Waals surface area contributed by atoms with Crippen molar-refractivity contribution in [3.8, 4) is 33.6 Å². The SMILES string of the molecule is COC(=O)N[C@H](C(=O)N1CCC[C@H]1c1ncc(-c2ccc3c(c2)CCc2cc(-c4cnc([C@@H]5[C@H]6C=C[C@H](C6)N5C(=O)[C@@H](NC(=O)OC)C(C)C)[nH]4)ccc2-3)[nH]1)C(C)C. The van der Waals surface area contributed by atoms with E-state index in [0.29, 0.717) is 6.54 Å². The molecule has 2 aromatic heterocycles. The first kappa shape index (κ1) is 38.9. The summed E-state index contributed by atoms with van der Waals surface area (Å²) in [5.74, 6) is 1.12. The highest BCUT2D eigenvalue weighted by atomic mass is 16.5. The predicted octanol–water partition coefficient (Wildman–Crippen LogP) is 6.49. The Balaban J connectivity index is 0.984. The van der Waals surface area contributed by atoms with Gasteiger partial charge in [-0.3, -0.25) is 9.59 Å². The lowest BCUT2D eigenvalue weighted by atomic mass is 9.83. The minimum absolute atomic E-state index is 0.0504. The van der Waals surface area contributed by atoms with Crippen molar-refractivity contribution in [2.45, 2.75) is 90.0 Å². The summed E-state index contributed by atoms with van der Waals surface area (Å²) in [6.45, 7) is 8.25. The van der Waals surface area contributed by atoms with Crippen LogP contribution in [0.2, 0.25) is 0 Å². The number of aromatic amines is 2. The molecule has 8 rings (SSSR count). The maximum absolute atomic E-state index is 14.0. The molecule has 0 saturated carbocycles. The van der Waals surface area contributed by atoms with E-state index in [0.717, 1.165) is 66.3 Å². The fraction of sp³-hybridized carbons (Fsp3) is 0.455. The summed E-state index contributed by atoms with van der Waals surface area (Å²) in [7, 11) is 2.60. The first-order valence-electron chi connectivity index (χ1n) is 20.3. The van der Waals surface area contributed by atoms with Gasteiger partial charge in [0.25, 0.3) is 0 Å². The van der Waals surface area contributed by atoms with Crippen molar-refractivity contribution >= 4 is 24.0 Å². The molecule has 0 unspecified atom stereocenters. The molecular formula is C44H52N8O6. The third-order valence-electron chi connectivity index (χ3n) is 12.3. The second-order valence-electron chi connectivity index (χ2n) is 16.6. The third-order valence-corrected chi connectivity index (χ3v) is 12.3. The van der Waals surface area contributed by atoms with Gasteiger partial charge in [0.1, 0.15) is 23.7 Å². The Morgan fingerprint density at radius 3 is 1.88 bits per heavy atom. The molecule has 304 valence electrons. The number of aryl methyl sites for hydroxylation is 2. The monoisotopic (exact) mass is 788 g/mol. The van der Waals surface area contributed by atoms with Gasteiger partial charge in [-0.05, 0) is 89.5 Å². The smallest absolute Gasteiger partial charge is 0.407 e. The van der Waals surface area contributed by atoms with Gasteiger partial charge in [0.2, 0.25) is 11.8 Å². The number of amides is 4. The van der Waals surface area contributed by atoms with Crippen molar-refractivity contribution in [1.82, 2.24) is 40.4 Å². The lowest BCUT2D eigenvalue weighted by Crippen LogP contribution is -2.53. The van der Waals surface area contributed by atoms with Crippen LogP contribution in [0, 0.1) is 17.8 Å². The topological polar surface area (TPSA) is 175 Å². The Hall–Kier alpha value is -5.92. The van der Waals surface area contributed by atoms with Crippen LogP contribution in [0.3, 0.4) is 0 Å². The number of carbonyl (C=O) groups is 4. The Morgan fingerprint density at radius 1 is 0.759 bits per heavy atom. The van der Waals surface area contributed by atoms with E-state index in [1.54, 1.807) is 0 Å². The van der Waals surface area contributed by atoms with Crippen LogP contribution in [-0.2, 0) is 31.9 Å². The number of nitrogens with one attached hydrogen (secondary N) is 4. The zero-order chi connectivity index (χ0) is 40.8. The van der Waals surface area contributed by atoms with Gasteiger partial charge in [-0.2, -0.15) is 0 Å². The lowest BCUT2D eigenvalue weighted by Gasteiger charge is -2.35. The molecule has 2 saturated heterocycles. The summed E-state index contributed by atoms with van der Waals surface area (Å²) in [5, 5.41) is 5.46. The number of aromatic nitrogens is 4. The number of hydrogen-bond donors (Lipinski definition) is 4. The normalized spacial score (nSPS) is 21.5. The fourth-order valence-electron chi connectivity index (χ4n) is 9.27. The molecule has 58 heavy (non-hydrogen) atoms. The molecule has 2 aromatic carbocycles. The molecule has 4 heterocycles. The molecule has 2 aliphatic carbocycles. The Morgan fingerprint density at radius 2 is 1.31 bits per heavy atom. The van der Waals surface area contributed by atoms with E-state index >= 15 is 0 Å². The standard InChI is InChI=1S/C44H52N8O6/c1-23(2)36(49-43(55)57-5)41(53)51-17-7-8-35(51)39-45-21-33(47-39)27-12-15-31-25(18-27)9-10-26-19-28(13-16-32(26)31)34-22-46-40(48-34)38-29-11-14-30(20-29)52(38)42(54)37(24(3)4)50-44(56)58-6/h11-16,18-19,21-24,29-30,35-38H,7-10,17,20H2,1-6H3,(H,45,47)(H,46,48)(H,49,55)(H,50,56)/t29-,30+,35-,36-,37-,38-/m0/s1. The van der Waals surface area contributed by atoms with Gasteiger partial charge in [0.05, 0.1) is 56.1 Å². The number of imidazole rings is 2. The van der Waals surface area contributed by atoms with Crippen LogP contribution in [0.1, 0.15) is 81.8 Å². The van der Waals surface area contributed by atoms with Crippen molar-refractivity contribution in [3.05, 3.63) is 83.7 Å². The molecule has 2 fully saturated rings. The second kappa shape index (κ2) is 15.8. The van der Waals surface area contributed by atoms with Crippen molar-refractivity contribution in [1.29, 1.82) is 0 Å². The number of fused-ring (bicyclic) bond motifs is 5. The number of likely N-dealkylation sites (tertiary alicyclic amines) is 2. The molecule has 0 spiro atoms. The summed E-state index contributed by atoms with van der Waals surface area (Å²) in [6, 6.07) is 11.2. The van der Waals surface area contributed by atoms with Crippen LogP contribution in [0.4, 0.5) is 9.59 Å². The van der Waals surface area contributed by atoms with Crippen molar-refractivity contribution in [2.75, 3.05) is 20.8 Å². The largest absolute Gasteiger partial charge is 0.453 e. The summed E-state index contributed by atoms with van der Waals surface area (Å²) >= 11 is 0. The number of benzene rings is 2. The molecule has 6 atom stereocenters. The van der Waals surface area contributed by atoms with E-state index in [2.05, 4.69) is 69.2 Å². The van der Waals surface area contributed by atoms with E-state index in [4.69, 9.17) is 19.4 Å². The van der Waals surface area contributed by atoms with Gasteiger partial charge in [-0.1, -0.05) is 64.1 Å². The van der Waals surface area contributed by atoms with Crippen LogP contribution < -0.4 is 10.6 Å². The number of carbonyl (C=O) groups excluding carboxylic acids is 4. The molecule has 4 aliphatic rings. The summed E-state index contributed by atoms with van der Waals surface area (Å²) in [6.07, 6.45) is 10.9. The average molecular weight is 789 g/mol. The molecule has 14 nitrogen and oxygen atoms in total. The number of H-pyrrole nitrogens is 2. The molecule has 4 aromatic rings. The van der Waals surface area contributed by atoms with E-state index in [1.807, 2.05) is 49.9 Å². The first-order valence-corrected chi connectivity index (χ1v) is 20.3. The zero-order valence-electron chi connectivity index (χ0n) is 33.9. The summed E-state index contributed by atoms with van der Waals surface area (Å²) < 4.78 is 9.60. The van der Waals surface area contributed by atoms with Gasteiger partial charge in [0, 0.05) is 12.5 Å². The summed E-state index contributed by atoms with van der Waals surface area (Å²) in [4.78, 5) is 72.1. The van der Waals surface area contributed by atoms with Crippen molar-refractivity contribution in [3.63, 3.8) is 0 Å². The molecule has 4 amide bonds. The van der Waals surface area contributed by atoms with Crippen LogP contribution in [-0.4, -0.2) is 92.6 Å². The number of ether oxygens (including phenoxy) is 2. The van der Waals surface area contributed by atoms with Crippen LogP contribution in [0.25, 0.3) is 33.6 Å². The lowest BCUT2D eigenvalue weighted by molar-refractivity contribution is -0.137. The highest BCUT2D eigenvalue weighted by molar-refractivity contribution is 5.88. The number of alkyl carbamates (subject to hydrolysis) is 2.